The van der Waals surface area contributed by atoms with Crippen LogP contribution >= 0.6 is 0 Å². The molecule has 1 rings (SSSR count). The standard InChI is InChI=1S/C12H25N3O/c1-6-14(7-2)12(16)15-8-10(3)13(5)11(4)9-15/h10-11H,6-9H2,1-5H3. The quantitative estimate of drug-likeness (QED) is 0.714. The maximum atomic E-state index is 12.2. The minimum atomic E-state index is 0.191. The SMILES string of the molecule is CCN(CC)C(=O)N1CC(C)N(C)C(C)C1. The number of carbonyl (C=O) groups excluding carboxylic acids is 1. The van der Waals surface area contributed by atoms with Gasteiger partial charge >= 0.3 is 6.03 Å². The van der Waals surface area contributed by atoms with Crippen LogP contribution in [0.15, 0.2) is 0 Å². The molecule has 4 heteroatoms. The van der Waals surface area contributed by atoms with Crippen LogP contribution in [0.5, 0.6) is 0 Å². The zero-order chi connectivity index (χ0) is 12.3. The molecule has 1 fully saturated rings. The van der Waals surface area contributed by atoms with Crippen molar-refractivity contribution in [1.29, 1.82) is 0 Å². The van der Waals surface area contributed by atoms with Crippen molar-refractivity contribution in [1.82, 2.24) is 14.7 Å². The van der Waals surface area contributed by atoms with Crippen LogP contribution in [0, 0.1) is 0 Å². The van der Waals surface area contributed by atoms with Crippen LogP contribution in [-0.2, 0) is 0 Å². The van der Waals surface area contributed by atoms with Crippen molar-refractivity contribution >= 4 is 6.03 Å². The molecule has 1 saturated heterocycles. The van der Waals surface area contributed by atoms with E-state index in [4.69, 9.17) is 0 Å². The summed E-state index contributed by atoms with van der Waals surface area (Å²) in [6, 6.07) is 1.09. The monoisotopic (exact) mass is 227 g/mol. The minimum absolute atomic E-state index is 0.191. The molecule has 0 aromatic rings. The Labute approximate surface area is 99.2 Å². The molecule has 0 aliphatic carbocycles. The van der Waals surface area contributed by atoms with E-state index in [-0.39, 0.29) is 6.03 Å². The first kappa shape index (κ1) is 13.3. The fraction of sp³-hybridized carbons (Fsp3) is 0.917. The summed E-state index contributed by atoms with van der Waals surface area (Å²) in [5.41, 5.74) is 0. The first-order valence-corrected chi connectivity index (χ1v) is 6.27. The first-order chi connectivity index (χ1) is 7.51. The molecule has 1 heterocycles. The van der Waals surface area contributed by atoms with Gasteiger partial charge in [0, 0.05) is 38.3 Å². The molecule has 0 N–H and O–H groups in total. The Morgan fingerprint density at radius 2 is 1.62 bits per heavy atom. The number of urea groups is 1. The highest BCUT2D eigenvalue weighted by Crippen LogP contribution is 2.14. The number of likely N-dealkylation sites (N-methyl/N-ethyl adjacent to an activating group) is 1. The van der Waals surface area contributed by atoms with E-state index in [2.05, 4.69) is 25.8 Å². The molecule has 4 nitrogen and oxygen atoms in total. The van der Waals surface area contributed by atoms with Crippen LogP contribution in [0.3, 0.4) is 0 Å². The third-order valence-electron chi connectivity index (χ3n) is 3.66. The Hall–Kier alpha value is -0.770. The van der Waals surface area contributed by atoms with E-state index in [1.807, 2.05) is 23.6 Å². The van der Waals surface area contributed by atoms with Crippen LogP contribution in [0.4, 0.5) is 4.79 Å². The molecule has 1 aliphatic rings. The number of hydrogen-bond acceptors (Lipinski definition) is 2. The van der Waals surface area contributed by atoms with Gasteiger partial charge in [-0.15, -0.1) is 0 Å². The number of amides is 2. The molecule has 2 unspecified atom stereocenters. The Balaban J connectivity index is 2.64. The molecule has 0 bridgehead atoms. The van der Waals surface area contributed by atoms with Crippen molar-refractivity contribution in [2.24, 2.45) is 0 Å². The summed E-state index contributed by atoms with van der Waals surface area (Å²) in [5, 5.41) is 0. The molecule has 94 valence electrons. The number of nitrogens with zero attached hydrogens (tertiary/aromatic N) is 3. The number of rotatable bonds is 2. The van der Waals surface area contributed by atoms with Gasteiger partial charge in [0.25, 0.3) is 0 Å². The molecule has 0 spiro atoms. The van der Waals surface area contributed by atoms with Crippen LogP contribution in [0.1, 0.15) is 27.7 Å². The van der Waals surface area contributed by atoms with Crippen molar-refractivity contribution in [2.45, 2.75) is 39.8 Å². The predicted octanol–water partition coefficient (Wildman–Crippen LogP) is 1.47. The van der Waals surface area contributed by atoms with Crippen molar-refractivity contribution in [3.8, 4) is 0 Å². The minimum Gasteiger partial charge on any atom is -0.325 e. The summed E-state index contributed by atoms with van der Waals surface area (Å²) >= 11 is 0. The van der Waals surface area contributed by atoms with E-state index in [1.165, 1.54) is 0 Å². The second-order valence-electron chi connectivity index (χ2n) is 4.72. The fourth-order valence-corrected chi connectivity index (χ4v) is 2.25. The molecule has 0 radical (unpaired) electrons. The van der Waals surface area contributed by atoms with Gasteiger partial charge in [-0.3, -0.25) is 4.90 Å². The highest BCUT2D eigenvalue weighted by molar-refractivity contribution is 5.74. The van der Waals surface area contributed by atoms with E-state index < -0.39 is 0 Å². The van der Waals surface area contributed by atoms with Gasteiger partial charge in [0.1, 0.15) is 0 Å². The predicted molar refractivity (Wildman–Crippen MR) is 66.6 cm³/mol. The van der Waals surface area contributed by atoms with E-state index in [9.17, 15) is 4.79 Å². The lowest BCUT2D eigenvalue weighted by atomic mass is 10.1. The van der Waals surface area contributed by atoms with Crippen LogP contribution < -0.4 is 0 Å². The van der Waals surface area contributed by atoms with E-state index in [1.54, 1.807) is 0 Å². The Kier molecular flexibility index (Phi) is 4.59. The van der Waals surface area contributed by atoms with Gasteiger partial charge in [0.2, 0.25) is 0 Å². The zero-order valence-corrected chi connectivity index (χ0v) is 11.2. The average molecular weight is 227 g/mol. The lowest BCUT2D eigenvalue weighted by molar-refractivity contribution is 0.0640. The summed E-state index contributed by atoms with van der Waals surface area (Å²) in [6.45, 7) is 11.7. The smallest absolute Gasteiger partial charge is 0.320 e. The van der Waals surface area contributed by atoms with Gasteiger partial charge < -0.3 is 9.80 Å². The van der Waals surface area contributed by atoms with E-state index in [0.29, 0.717) is 12.1 Å². The van der Waals surface area contributed by atoms with E-state index >= 15 is 0 Å². The number of hydrogen-bond donors (Lipinski definition) is 0. The average Bonchev–Trinajstić information content (AvgIpc) is 2.26. The summed E-state index contributed by atoms with van der Waals surface area (Å²) in [4.78, 5) is 18.4. The molecule has 0 aromatic heterocycles. The highest BCUT2D eigenvalue weighted by Gasteiger charge is 2.30. The molecule has 1 aliphatic heterocycles. The molecule has 0 saturated carbocycles. The summed E-state index contributed by atoms with van der Waals surface area (Å²) < 4.78 is 0. The normalized spacial score (nSPS) is 26.9. The molecular formula is C12H25N3O. The second kappa shape index (κ2) is 5.53. The van der Waals surface area contributed by atoms with Crippen molar-refractivity contribution < 1.29 is 4.79 Å². The maximum Gasteiger partial charge on any atom is 0.320 e. The number of carbonyl (C=O) groups is 1. The van der Waals surface area contributed by atoms with Crippen molar-refractivity contribution in [3.63, 3.8) is 0 Å². The van der Waals surface area contributed by atoms with E-state index in [0.717, 1.165) is 26.2 Å². The Morgan fingerprint density at radius 3 is 2.00 bits per heavy atom. The van der Waals surface area contributed by atoms with Crippen LogP contribution in [0.2, 0.25) is 0 Å². The Bertz CT molecular complexity index is 228. The van der Waals surface area contributed by atoms with Gasteiger partial charge in [-0.05, 0) is 34.7 Å². The molecule has 16 heavy (non-hydrogen) atoms. The molecule has 2 atom stereocenters. The van der Waals surface area contributed by atoms with Gasteiger partial charge in [-0.1, -0.05) is 0 Å². The van der Waals surface area contributed by atoms with Gasteiger partial charge in [-0.2, -0.15) is 0 Å². The topological polar surface area (TPSA) is 26.8 Å². The third kappa shape index (κ3) is 2.67. The third-order valence-corrected chi connectivity index (χ3v) is 3.66. The molecular weight excluding hydrogens is 202 g/mol. The van der Waals surface area contributed by atoms with Gasteiger partial charge in [0.05, 0.1) is 0 Å². The summed E-state index contributed by atoms with van der Waals surface area (Å²) in [7, 11) is 2.13. The van der Waals surface area contributed by atoms with Crippen LogP contribution in [0.25, 0.3) is 0 Å². The molecule has 0 aromatic carbocycles. The zero-order valence-electron chi connectivity index (χ0n) is 11.2. The fourth-order valence-electron chi connectivity index (χ4n) is 2.25. The van der Waals surface area contributed by atoms with Crippen molar-refractivity contribution in [3.05, 3.63) is 0 Å². The lowest BCUT2D eigenvalue weighted by Gasteiger charge is -2.43. The second-order valence-corrected chi connectivity index (χ2v) is 4.72. The molecule has 2 amide bonds. The van der Waals surface area contributed by atoms with Crippen LogP contribution in [-0.4, -0.2) is 66.0 Å². The summed E-state index contributed by atoms with van der Waals surface area (Å²) in [5.74, 6) is 0. The maximum absolute atomic E-state index is 12.2. The highest BCUT2D eigenvalue weighted by atomic mass is 16.2. The number of piperazine rings is 1. The van der Waals surface area contributed by atoms with Gasteiger partial charge in [0.15, 0.2) is 0 Å². The summed E-state index contributed by atoms with van der Waals surface area (Å²) in [6.07, 6.45) is 0. The largest absolute Gasteiger partial charge is 0.325 e. The van der Waals surface area contributed by atoms with Gasteiger partial charge in [-0.25, -0.2) is 4.79 Å². The Morgan fingerprint density at radius 1 is 1.19 bits per heavy atom. The lowest BCUT2D eigenvalue weighted by Crippen LogP contribution is -2.58. The first-order valence-electron chi connectivity index (χ1n) is 6.27. The van der Waals surface area contributed by atoms with Crippen molar-refractivity contribution in [2.75, 3.05) is 33.2 Å².